The Morgan fingerprint density at radius 2 is 1.52 bits per heavy atom. The number of aliphatic hydroxyl groups is 1. The van der Waals surface area contributed by atoms with E-state index in [0.717, 1.165) is 22.0 Å². The van der Waals surface area contributed by atoms with Crippen molar-refractivity contribution in [2.45, 2.75) is 83.2 Å². The number of nitrogens with zero attached hydrogens (tertiary/aromatic N) is 1. The van der Waals surface area contributed by atoms with Crippen LogP contribution in [0.4, 0.5) is 4.79 Å². The lowest BCUT2D eigenvalue weighted by molar-refractivity contribution is -0.131. The zero-order valence-electron chi connectivity index (χ0n) is 29.3. The molecule has 0 aliphatic carbocycles. The van der Waals surface area contributed by atoms with Crippen LogP contribution >= 0.6 is 0 Å². The van der Waals surface area contributed by atoms with Gasteiger partial charge in [0.15, 0.2) is 0 Å². The van der Waals surface area contributed by atoms with Gasteiger partial charge >= 0.3 is 6.09 Å². The van der Waals surface area contributed by atoms with E-state index >= 15 is 0 Å². The lowest BCUT2D eigenvalue weighted by Gasteiger charge is -2.45. The van der Waals surface area contributed by atoms with Gasteiger partial charge in [0, 0.05) is 18.5 Å². The minimum absolute atomic E-state index is 0.114. The van der Waals surface area contributed by atoms with Crippen molar-refractivity contribution >= 4 is 28.8 Å². The van der Waals surface area contributed by atoms with E-state index in [1.54, 1.807) is 20.8 Å². The number of carbonyl (C=O) groups is 3. The molecule has 0 saturated heterocycles. The van der Waals surface area contributed by atoms with Crippen molar-refractivity contribution in [2.24, 2.45) is 11.7 Å². The molecule has 4 rings (SSSR count). The first-order valence-corrected chi connectivity index (χ1v) is 17.0. The van der Waals surface area contributed by atoms with Crippen LogP contribution in [0.15, 0.2) is 97.1 Å². The number of nitrogens with one attached hydrogen (secondary N) is 4. The van der Waals surface area contributed by atoms with Gasteiger partial charge in [-0.3, -0.25) is 25.3 Å². The summed E-state index contributed by atoms with van der Waals surface area (Å²) in [5, 5.41) is 19.4. The Morgan fingerprint density at radius 1 is 0.880 bits per heavy atom. The summed E-state index contributed by atoms with van der Waals surface area (Å²) in [5.74, 6) is -1.44. The van der Waals surface area contributed by atoms with Gasteiger partial charge in [-0.05, 0) is 69.2 Å². The van der Waals surface area contributed by atoms with Gasteiger partial charge in [-0.15, -0.1) is 0 Å². The lowest BCUT2D eigenvalue weighted by atomic mass is 9.73. The van der Waals surface area contributed by atoms with E-state index in [1.165, 1.54) is 0 Å². The van der Waals surface area contributed by atoms with Gasteiger partial charge in [-0.1, -0.05) is 91.9 Å². The molecule has 0 spiro atoms. The summed E-state index contributed by atoms with van der Waals surface area (Å²) in [5.41, 5.74) is 12.5. The Hall–Kier alpha value is -4.84. The number of ether oxygens (including phenoxy) is 1. The number of aryl methyl sites for hydroxylation is 1. The zero-order chi connectivity index (χ0) is 36.1. The Bertz CT molecular complexity index is 1700. The summed E-state index contributed by atoms with van der Waals surface area (Å²) >= 11 is 0. The number of hydrogen-bond donors (Lipinski definition) is 6. The predicted octanol–water partition coefficient (Wildman–Crippen LogP) is 4.33. The standard InChI is InChI=1S/C39H50N6O5/c1-27(19-20-28-13-7-5-8-14-28)39(24-29-15-9-6-10-16-29,34(46)26-42-45-37(49)50-38(2,3)4)44-36(48)33(23-35(40)47)41-25-31-22-21-30-17-11-12-18-32(30)43-31/h5-18,21-22,27,33-34,41-42,46H,19-20,23-26H2,1-4H3,(H2,40,47)(H,44,48)(H,45,49)/t27?,33-,34+,39-/m0/s1. The van der Waals surface area contributed by atoms with Crippen LogP contribution in [0.25, 0.3) is 10.9 Å². The summed E-state index contributed by atoms with van der Waals surface area (Å²) in [4.78, 5) is 43.7. The number of para-hydroxylation sites is 1. The molecule has 11 nitrogen and oxygen atoms in total. The number of hydrazine groups is 1. The van der Waals surface area contributed by atoms with Crippen LogP contribution in [-0.2, 0) is 33.7 Å². The molecule has 1 aromatic heterocycles. The second kappa shape index (κ2) is 17.7. The van der Waals surface area contributed by atoms with Gasteiger partial charge in [0.25, 0.3) is 0 Å². The molecular formula is C39H50N6O5. The fraction of sp³-hybridized carbons (Fsp3) is 0.385. The van der Waals surface area contributed by atoms with Gasteiger partial charge in [-0.2, -0.15) is 0 Å². The molecule has 0 aliphatic rings. The SMILES string of the molecule is CC(CCc1ccccc1)[C@](Cc1ccccc1)(NC(=O)[C@H](CC(N)=O)NCc1ccc2ccccc2n1)[C@H](O)CNNC(=O)OC(C)(C)C. The first kappa shape index (κ1) is 38.0. The normalized spacial score (nSPS) is 14.6. The van der Waals surface area contributed by atoms with Crippen molar-refractivity contribution in [1.82, 2.24) is 26.5 Å². The highest BCUT2D eigenvalue weighted by molar-refractivity contribution is 5.88. The van der Waals surface area contributed by atoms with Gasteiger partial charge in [0.2, 0.25) is 11.8 Å². The van der Waals surface area contributed by atoms with Crippen LogP contribution < -0.4 is 27.2 Å². The Balaban J connectivity index is 1.63. The molecule has 0 bridgehead atoms. The topological polar surface area (TPSA) is 168 Å². The summed E-state index contributed by atoms with van der Waals surface area (Å²) in [7, 11) is 0. The molecule has 3 amide bonds. The summed E-state index contributed by atoms with van der Waals surface area (Å²) < 4.78 is 5.33. The molecule has 0 saturated carbocycles. The van der Waals surface area contributed by atoms with E-state index in [9.17, 15) is 19.5 Å². The van der Waals surface area contributed by atoms with Crippen molar-refractivity contribution in [3.8, 4) is 0 Å². The number of aromatic nitrogens is 1. The summed E-state index contributed by atoms with van der Waals surface area (Å²) in [6.07, 6.45) is -0.603. The highest BCUT2D eigenvalue weighted by Gasteiger charge is 2.45. The minimum Gasteiger partial charge on any atom is -0.443 e. The molecule has 3 aromatic carbocycles. The van der Waals surface area contributed by atoms with Crippen molar-refractivity contribution < 1.29 is 24.2 Å². The van der Waals surface area contributed by atoms with E-state index in [2.05, 4.69) is 21.5 Å². The molecule has 4 atom stereocenters. The fourth-order valence-electron chi connectivity index (χ4n) is 6.01. The number of pyridine rings is 1. The first-order chi connectivity index (χ1) is 23.8. The first-order valence-electron chi connectivity index (χ1n) is 17.0. The van der Waals surface area contributed by atoms with Crippen LogP contribution in [0.3, 0.4) is 0 Å². The van der Waals surface area contributed by atoms with Crippen LogP contribution in [0.1, 0.15) is 57.4 Å². The second-order valence-corrected chi connectivity index (χ2v) is 13.7. The number of nitrogens with two attached hydrogens (primary N) is 1. The number of fused-ring (bicyclic) bond motifs is 1. The molecule has 266 valence electrons. The Morgan fingerprint density at radius 3 is 2.18 bits per heavy atom. The van der Waals surface area contributed by atoms with Gasteiger partial charge in [0.1, 0.15) is 5.60 Å². The van der Waals surface area contributed by atoms with E-state index in [0.29, 0.717) is 18.5 Å². The van der Waals surface area contributed by atoms with Crippen molar-refractivity contribution in [2.75, 3.05) is 6.54 Å². The smallest absolute Gasteiger partial charge is 0.422 e. The highest BCUT2D eigenvalue weighted by atomic mass is 16.6. The molecule has 0 radical (unpaired) electrons. The van der Waals surface area contributed by atoms with E-state index in [1.807, 2.05) is 104 Å². The van der Waals surface area contributed by atoms with Gasteiger partial charge in [-0.25, -0.2) is 10.2 Å². The molecule has 1 unspecified atom stereocenters. The van der Waals surface area contributed by atoms with Crippen molar-refractivity contribution in [3.63, 3.8) is 0 Å². The molecule has 0 fully saturated rings. The van der Waals surface area contributed by atoms with Crippen LogP contribution in [0.5, 0.6) is 0 Å². The maximum Gasteiger partial charge on any atom is 0.422 e. The van der Waals surface area contributed by atoms with Crippen molar-refractivity contribution in [3.05, 3.63) is 114 Å². The van der Waals surface area contributed by atoms with Gasteiger partial charge in [0.05, 0.1) is 35.3 Å². The molecule has 11 heteroatoms. The molecule has 1 heterocycles. The predicted molar refractivity (Wildman–Crippen MR) is 195 cm³/mol. The molecular weight excluding hydrogens is 632 g/mol. The Labute approximate surface area is 294 Å². The number of carbonyl (C=O) groups excluding carboxylic acids is 3. The number of rotatable bonds is 17. The minimum atomic E-state index is -1.26. The maximum absolute atomic E-state index is 14.3. The van der Waals surface area contributed by atoms with Crippen molar-refractivity contribution in [1.29, 1.82) is 0 Å². The molecule has 4 aromatic rings. The Kier molecular flexibility index (Phi) is 13.4. The largest absolute Gasteiger partial charge is 0.443 e. The second-order valence-electron chi connectivity index (χ2n) is 13.7. The number of amides is 3. The number of hydrogen-bond acceptors (Lipinski definition) is 8. The van der Waals surface area contributed by atoms with Crippen LogP contribution in [-0.4, -0.2) is 57.8 Å². The number of benzene rings is 3. The van der Waals surface area contributed by atoms with Crippen LogP contribution in [0.2, 0.25) is 0 Å². The fourth-order valence-corrected chi connectivity index (χ4v) is 6.01. The third-order valence-electron chi connectivity index (χ3n) is 8.67. The van der Waals surface area contributed by atoms with E-state index in [4.69, 9.17) is 15.5 Å². The molecule has 7 N–H and O–H groups in total. The molecule has 0 aliphatic heterocycles. The van der Waals surface area contributed by atoms with E-state index < -0.39 is 41.2 Å². The zero-order valence-corrected chi connectivity index (χ0v) is 29.3. The quantitative estimate of drug-likeness (QED) is 0.0896. The molecule has 50 heavy (non-hydrogen) atoms. The van der Waals surface area contributed by atoms with Crippen LogP contribution in [0, 0.1) is 5.92 Å². The number of aliphatic hydroxyl groups excluding tert-OH is 1. The maximum atomic E-state index is 14.3. The third kappa shape index (κ3) is 11.4. The third-order valence-corrected chi connectivity index (χ3v) is 8.67. The number of primary amides is 1. The average molecular weight is 683 g/mol. The highest BCUT2D eigenvalue weighted by Crippen LogP contribution is 2.31. The summed E-state index contributed by atoms with van der Waals surface area (Å²) in [6.45, 7) is 7.34. The monoisotopic (exact) mass is 682 g/mol. The summed E-state index contributed by atoms with van der Waals surface area (Å²) in [6, 6.07) is 30.1. The van der Waals surface area contributed by atoms with E-state index in [-0.39, 0.29) is 31.8 Å². The van der Waals surface area contributed by atoms with Gasteiger partial charge < -0.3 is 20.9 Å². The lowest BCUT2D eigenvalue weighted by Crippen LogP contribution is -2.67. The average Bonchev–Trinajstić information content (AvgIpc) is 3.08.